The molecule has 0 aliphatic heterocycles. The van der Waals surface area contributed by atoms with Gasteiger partial charge in [0.2, 0.25) is 0 Å². The minimum absolute atomic E-state index is 0.185. The van der Waals surface area contributed by atoms with Crippen molar-refractivity contribution in [1.82, 2.24) is 9.97 Å². The smallest absolute Gasteiger partial charge is 0.172 e. The Labute approximate surface area is 96.9 Å². The van der Waals surface area contributed by atoms with Crippen molar-refractivity contribution in [2.45, 2.75) is 5.92 Å². The van der Waals surface area contributed by atoms with Gasteiger partial charge in [-0.3, -0.25) is 4.79 Å². The number of H-pyrrole nitrogens is 1. The van der Waals surface area contributed by atoms with Crippen molar-refractivity contribution in [3.63, 3.8) is 0 Å². The minimum atomic E-state index is -0.912. The molecule has 0 unspecified atom stereocenters. The van der Waals surface area contributed by atoms with Gasteiger partial charge in [0.1, 0.15) is 5.82 Å². The van der Waals surface area contributed by atoms with Gasteiger partial charge < -0.3 is 4.98 Å². The summed E-state index contributed by atoms with van der Waals surface area (Å²) in [6.07, 6.45) is 0. The number of nitriles is 1. The topological polar surface area (TPSA) is 69.5 Å². The molecule has 2 aromatic rings. The number of hydrogen-bond donors (Lipinski definition) is 1. The fourth-order valence-electron chi connectivity index (χ4n) is 1.47. The second kappa shape index (κ2) is 4.33. The molecular formula is C11H8ClN3O. The van der Waals surface area contributed by atoms with Gasteiger partial charge in [0, 0.05) is 0 Å². The van der Waals surface area contributed by atoms with E-state index in [0.717, 1.165) is 11.0 Å². The number of ketones is 1. The summed E-state index contributed by atoms with van der Waals surface area (Å²) in [4.78, 5) is 18.5. The minimum Gasteiger partial charge on any atom is -0.340 e. The Morgan fingerprint density at radius 1 is 1.56 bits per heavy atom. The quantitative estimate of drug-likeness (QED) is 0.824. The number of carbonyl (C=O) groups excluding carboxylic acids is 1. The molecule has 0 aliphatic rings. The molecule has 0 aliphatic carbocycles. The summed E-state index contributed by atoms with van der Waals surface area (Å²) in [5.41, 5.74) is 1.54. The lowest BCUT2D eigenvalue weighted by atomic mass is 10.1. The van der Waals surface area contributed by atoms with Crippen LogP contribution in [0.2, 0.25) is 0 Å². The summed E-state index contributed by atoms with van der Waals surface area (Å²) in [7, 11) is 0. The number of benzene rings is 1. The summed E-state index contributed by atoms with van der Waals surface area (Å²) in [6.45, 7) is 0. The summed E-state index contributed by atoms with van der Waals surface area (Å²) in [6, 6.07) is 9.26. The number of halogens is 1. The van der Waals surface area contributed by atoms with E-state index in [-0.39, 0.29) is 11.7 Å². The number of fused-ring (bicyclic) bond motifs is 1. The number of hydrogen-bond acceptors (Lipinski definition) is 3. The van der Waals surface area contributed by atoms with Crippen molar-refractivity contribution in [1.29, 1.82) is 5.26 Å². The highest BCUT2D eigenvalue weighted by Gasteiger charge is 2.22. The highest BCUT2D eigenvalue weighted by atomic mass is 35.5. The van der Waals surface area contributed by atoms with Gasteiger partial charge in [0.25, 0.3) is 0 Å². The summed E-state index contributed by atoms with van der Waals surface area (Å²) >= 11 is 5.43. The van der Waals surface area contributed by atoms with Crippen LogP contribution in [-0.2, 0) is 4.79 Å². The fourth-order valence-corrected chi connectivity index (χ4v) is 1.63. The van der Waals surface area contributed by atoms with Gasteiger partial charge >= 0.3 is 0 Å². The molecule has 4 nitrogen and oxygen atoms in total. The molecule has 0 amide bonds. The van der Waals surface area contributed by atoms with Gasteiger partial charge in [-0.25, -0.2) is 4.98 Å². The molecule has 0 bridgehead atoms. The summed E-state index contributed by atoms with van der Waals surface area (Å²) < 4.78 is 0. The van der Waals surface area contributed by atoms with Crippen LogP contribution in [0.3, 0.4) is 0 Å². The van der Waals surface area contributed by atoms with E-state index in [1.165, 1.54) is 0 Å². The second-order valence-electron chi connectivity index (χ2n) is 3.30. The van der Waals surface area contributed by atoms with E-state index in [0.29, 0.717) is 5.82 Å². The first-order valence-electron chi connectivity index (χ1n) is 4.69. The van der Waals surface area contributed by atoms with Crippen molar-refractivity contribution >= 4 is 28.4 Å². The predicted octanol–water partition coefficient (Wildman–Crippen LogP) is 1.98. The highest BCUT2D eigenvalue weighted by molar-refractivity contribution is 6.28. The Balaban J connectivity index is 2.47. The maximum atomic E-state index is 11.4. The number of para-hydroxylation sites is 2. The third-order valence-electron chi connectivity index (χ3n) is 2.26. The standard InChI is InChI=1S/C11H8ClN3O/c12-5-10(16)7(6-13)11-14-8-3-1-2-4-9(8)15-11/h1-4,7H,5H2,(H,14,15)/t7-/m0/s1. The van der Waals surface area contributed by atoms with Crippen LogP contribution in [0, 0.1) is 11.3 Å². The molecule has 1 N–H and O–H groups in total. The average molecular weight is 234 g/mol. The van der Waals surface area contributed by atoms with Crippen molar-refractivity contribution in [3.05, 3.63) is 30.1 Å². The Bertz CT molecular complexity index is 537. The molecule has 2 rings (SSSR count). The van der Waals surface area contributed by atoms with Gasteiger partial charge in [-0.05, 0) is 12.1 Å². The van der Waals surface area contributed by atoms with Crippen molar-refractivity contribution in [2.24, 2.45) is 0 Å². The van der Waals surface area contributed by atoms with Crippen LogP contribution in [0.1, 0.15) is 11.7 Å². The van der Waals surface area contributed by atoms with Crippen molar-refractivity contribution in [3.8, 4) is 6.07 Å². The van der Waals surface area contributed by atoms with Gasteiger partial charge in [0.05, 0.1) is 23.0 Å². The first-order valence-corrected chi connectivity index (χ1v) is 5.22. The van der Waals surface area contributed by atoms with Crippen LogP contribution in [0.15, 0.2) is 24.3 Å². The lowest BCUT2D eigenvalue weighted by molar-refractivity contribution is -0.117. The lowest BCUT2D eigenvalue weighted by Crippen LogP contribution is -2.13. The second-order valence-corrected chi connectivity index (χ2v) is 3.57. The monoisotopic (exact) mass is 233 g/mol. The predicted molar refractivity (Wildman–Crippen MR) is 60.2 cm³/mol. The van der Waals surface area contributed by atoms with Crippen molar-refractivity contribution in [2.75, 3.05) is 5.88 Å². The van der Waals surface area contributed by atoms with Crippen LogP contribution < -0.4 is 0 Å². The fraction of sp³-hybridized carbons (Fsp3) is 0.182. The molecule has 0 radical (unpaired) electrons. The third-order valence-corrected chi connectivity index (χ3v) is 2.53. The molecule has 1 aromatic heterocycles. The third kappa shape index (κ3) is 1.77. The Morgan fingerprint density at radius 3 is 2.94 bits per heavy atom. The molecular weight excluding hydrogens is 226 g/mol. The molecule has 0 fully saturated rings. The Morgan fingerprint density at radius 2 is 2.31 bits per heavy atom. The molecule has 1 aromatic carbocycles. The SMILES string of the molecule is N#C[C@@H](C(=O)CCl)c1nc2ccccc2[nH]1. The number of carbonyl (C=O) groups is 1. The maximum Gasteiger partial charge on any atom is 0.172 e. The lowest BCUT2D eigenvalue weighted by Gasteiger charge is -2.00. The van der Waals surface area contributed by atoms with E-state index in [4.69, 9.17) is 16.9 Å². The normalized spacial score (nSPS) is 12.2. The molecule has 1 atom stereocenters. The van der Waals surface area contributed by atoms with E-state index in [1.807, 2.05) is 30.3 Å². The van der Waals surface area contributed by atoms with Crippen LogP contribution in [0.4, 0.5) is 0 Å². The van der Waals surface area contributed by atoms with Gasteiger partial charge in [0.15, 0.2) is 11.7 Å². The highest BCUT2D eigenvalue weighted by Crippen LogP contribution is 2.18. The Hall–Kier alpha value is -1.86. The number of Topliss-reactive ketones (excluding diaryl/α,β-unsaturated/α-hetero) is 1. The number of imidazole rings is 1. The maximum absolute atomic E-state index is 11.4. The van der Waals surface area contributed by atoms with Crippen LogP contribution in [0.5, 0.6) is 0 Å². The number of rotatable bonds is 3. The number of nitrogens with zero attached hydrogens (tertiary/aromatic N) is 2. The molecule has 80 valence electrons. The van der Waals surface area contributed by atoms with Gasteiger partial charge in [-0.2, -0.15) is 5.26 Å². The first kappa shape index (κ1) is 10.7. The van der Waals surface area contributed by atoms with E-state index >= 15 is 0 Å². The molecule has 0 saturated heterocycles. The van der Waals surface area contributed by atoms with Crippen LogP contribution in [-0.4, -0.2) is 21.6 Å². The Kier molecular flexibility index (Phi) is 2.88. The van der Waals surface area contributed by atoms with Crippen LogP contribution in [0.25, 0.3) is 11.0 Å². The zero-order valence-electron chi connectivity index (χ0n) is 8.27. The van der Waals surface area contributed by atoms with E-state index in [1.54, 1.807) is 0 Å². The van der Waals surface area contributed by atoms with Crippen molar-refractivity contribution < 1.29 is 4.79 Å². The number of aromatic nitrogens is 2. The number of nitrogens with one attached hydrogen (secondary N) is 1. The molecule has 16 heavy (non-hydrogen) atoms. The van der Waals surface area contributed by atoms with E-state index in [9.17, 15) is 4.79 Å². The van der Waals surface area contributed by atoms with E-state index < -0.39 is 5.92 Å². The number of aromatic amines is 1. The molecule has 0 spiro atoms. The van der Waals surface area contributed by atoms with Crippen LogP contribution >= 0.6 is 11.6 Å². The van der Waals surface area contributed by atoms with Gasteiger partial charge in [-0.15, -0.1) is 11.6 Å². The number of alkyl halides is 1. The zero-order chi connectivity index (χ0) is 11.5. The summed E-state index contributed by atoms with van der Waals surface area (Å²) in [5.74, 6) is -1.09. The molecule has 1 heterocycles. The average Bonchev–Trinajstić information content (AvgIpc) is 2.72. The molecule has 5 heteroatoms. The zero-order valence-corrected chi connectivity index (χ0v) is 9.03. The summed E-state index contributed by atoms with van der Waals surface area (Å²) in [5, 5.41) is 8.92. The first-order chi connectivity index (χ1) is 7.76. The van der Waals surface area contributed by atoms with Gasteiger partial charge in [-0.1, -0.05) is 12.1 Å². The van der Waals surface area contributed by atoms with E-state index in [2.05, 4.69) is 9.97 Å². The molecule has 0 saturated carbocycles. The largest absolute Gasteiger partial charge is 0.340 e.